The van der Waals surface area contributed by atoms with Gasteiger partial charge in [-0.25, -0.2) is 9.97 Å². The van der Waals surface area contributed by atoms with Gasteiger partial charge >= 0.3 is 7.05 Å². The van der Waals surface area contributed by atoms with E-state index in [9.17, 15) is 10.3 Å². The van der Waals surface area contributed by atoms with E-state index in [-0.39, 0.29) is 5.04 Å². The normalized spacial score (nSPS) is 16.7. The van der Waals surface area contributed by atoms with Gasteiger partial charge in [-0.1, -0.05) is 41.5 Å². The maximum atomic E-state index is 10.8. The van der Waals surface area contributed by atoms with Crippen LogP contribution < -0.4 is 10.1 Å². The molecule has 1 atom stereocenters. The summed E-state index contributed by atoms with van der Waals surface area (Å²) in [5.74, 6) is 1.05. The van der Waals surface area contributed by atoms with Gasteiger partial charge in [0.1, 0.15) is 6.07 Å². The number of aromatic nitrogens is 4. The highest BCUT2D eigenvalue weighted by Gasteiger charge is 2.46. The number of hydrogen-bond donors (Lipinski definition) is 2. The SMILES string of the molecule is CB(O)N1CC(C)(CO[Si](C)(C)C(C)(C)C)c2cc(-c3ccnc(Nc4cnn(CCN(C)C)c4CCC(C)C)n3)cc(C#N)c21. The van der Waals surface area contributed by atoms with E-state index in [1.807, 2.05) is 23.1 Å². The van der Waals surface area contributed by atoms with Crippen LogP contribution in [0.1, 0.15) is 64.8 Å². The molecule has 0 aliphatic carbocycles. The fourth-order valence-corrected chi connectivity index (χ4v) is 6.68. The number of hydrogen-bond acceptors (Lipinski definition) is 9. The van der Waals surface area contributed by atoms with Gasteiger partial charge in [0.2, 0.25) is 5.95 Å². The van der Waals surface area contributed by atoms with Gasteiger partial charge in [-0.05, 0) is 81.6 Å². The van der Waals surface area contributed by atoms with Gasteiger partial charge in [0.05, 0.1) is 35.4 Å². The van der Waals surface area contributed by atoms with E-state index in [4.69, 9.17) is 14.5 Å². The molecule has 12 heteroatoms. The lowest BCUT2D eigenvalue weighted by atomic mass is 9.83. The molecule has 0 bridgehead atoms. The maximum absolute atomic E-state index is 10.8. The summed E-state index contributed by atoms with van der Waals surface area (Å²) in [7, 11) is 1.35. The van der Waals surface area contributed by atoms with Crippen molar-refractivity contribution in [2.24, 2.45) is 5.92 Å². The Labute approximate surface area is 277 Å². The van der Waals surface area contributed by atoms with Crippen molar-refractivity contribution in [1.29, 1.82) is 5.26 Å². The first-order chi connectivity index (χ1) is 21.5. The number of likely N-dealkylation sites (N-methyl/N-ethyl adjacent to an activating group) is 1. The van der Waals surface area contributed by atoms with Crippen LogP contribution in [0.15, 0.2) is 30.6 Å². The van der Waals surface area contributed by atoms with Crippen molar-refractivity contribution >= 4 is 32.7 Å². The van der Waals surface area contributed by atoms with E-state index in [1.54, 1.807) is 13.0 Å². The Hall–Kier alpha value is -3.24. The van der Waals surface area contributed by atoms with Crippen LogP contribution >= 0.6 is 0 Å². The molecule has 0 saturated carbocycles. The van der Waals surface area contributed by atoms with Gasteiger partial charge < -0.3 is 24.5 Å². The minimum atomic E-state index is -2.04. The van der Waals surface area contributed by atoms with E-state index in [0.717, 1.165) is 54.1 Å². The van der Waals surface area contributed by atoms with Gasteiger partial charge in [0.15, 0.2) is 8.32 Å². The first-order valence-electron chi connectivity index (χ1n) is 16.4. The van der Waals surface area contributed by atoms with E-state index in [2.05, 4.69) is 101 Å². The molecule has 1 aliphatic heterocycles. The van der Waals surface area contributed by atoms with Crippen molar-refractivity contribution in [3.8, 4) is 17.3 Å². The van der Waals surface area contributed by atoms with Crippen LogP contribution in [0, 0.1) is 17.2 Å². The molecule has 1 aromatic carbocycles. The van der Waals surface area contributed by atoms with Crippen LogP contribution in [0.3, 0.4) is 0 Å². The van der Waals surface area contributed by atoms with Gasteiger partial charge in [0.25, 0.3) is 0 Å². The fourth-order valence-electron chi connectivity index (χ4n) is 5.57. The maximum Gasteiger partial charge on any atom is 0.409 e. The van der Waals surface area contributed by atoms with Gasteiger partial charge in [-0.3, -0.25) is 4.68 Å². The van der Waals surface area contributed by atoms with Crippen LogP contribution in [-0.2, 0) is 22.8 Å². The molecule has 1 aliphatic rings. The number of nitrogens with zero attached hydrogens (tertiary/aromatic N) is 7. The molecule has 1 unspecified atom stereocenters. The minimum Gasteiger partial charge on any atom is -0.432 e. The zero-order valence-electron chi connectivity index (χ0n) is 29.8. The second-order valence-electron chi connectivity index (χ2n) is 15.3. The minimum absolute atomic E-state index is 0.0657. The molecule has 0 spiro atoms. The van der Waals surface area contributed by atoms with Gasteiger partial charge in [-0.15, -0.1) is 0 Å². The molecule has 46 heavy (non-hydrogen) atoms. The standard InChI is InChI=1S/C34H53BN8O2Si/c1-24(2)12-13-30-29(21-38-43(30)17-16-41(8)9)40-32-37-15-14-28(39-32)25-18-26(20-36)31-27(19-25)34(6,22-42(31)35(7)44)23-45-46(10,11)33(3,4)5/h14-15,18-19,21,24,44H,12-13,16-17,22-23H2,1-11H3,(H,37,39,40). The van der Waals surface area contributed by atoms with Crippen LogP contribution in [-0.4, -0.2) is 78.8 Å². The molecule has 0 radical (unpaired) electrons. The monoisotopic (exact) mass is 644 g/mol. The third-order valence-corrected chi connectivity index (χ3v) is 14.0. The average Bonchev–Trinajstić information content (AvgIpc) is 3.50. The summed E-state index contributed by atoms with van der Waals surface area (Å²) >= 11 is 0. The third-order valence-electron chi connectivity index (χ3n) is 9.56. The molecule has 3 heterocycles. The van der Waals surface area contributed by atoms with Crippen LogP contribution in [0.2, 0.25) is 25.0 Å². The van der Waals surface area contributed by atoms with Crippen molar-refractivity contribution < 1.29 is 9.45 Å². The number of nitriles is 1. The van der Waals surface area contributed by atoms with E-state index < -0.39 is 20.8 Å². The Kier molecular flexibility index (Phi) is 10.7. The molecular weight excluding hydrogens is 591 g/mol. The van der Waals surface area contributed by atoms with Crippen molar-refractivity contribution in [3.63, 3.8) is 0 Å². The highest BCUT2D eigenvalue weighted by molar-refractivity contribution is 6.74. The molecule has 4 rings (SSSR count). The largest absolute Gasteiger partial charge is 0.432 e. The number of fused-ring (bicyclic) bond motifs is 1. The number of benzene rings is 1. The molecule has 3 aromatic rings. The highest BCUT2D eigenvalue weighted by Crippen LogP contribution is 2.47. The Morgan fingerprint density at radius 2 is 1.98 bits per heavy atom. The molecule has 0 saturated heterocycles. The quantitative estimate of drug-likeness (QED) is 0.207. The van der Waals surface area contributed by atoms with Gasteiger partial charge in [0, 0.05) is 42.6 Å². The Morgan fingerprint density at radius 1 is 1.26 bits per heavy atom. The Bertz CT molecular complexity index is 1560. The summed E-state index contributed by atoms with van der Waals surface area (Å²) in [6.07, 6.45) is 5.56. The topological polar surface area (TPSA) is 115 Å². The van der Waals surface area contributed by atoms with Gasteiger partial charge in [-0.2, -0.15) is 10.4 Å². The summed E-state index contributed by atoms with van der Waals surface area (Å²) in [6, 6.07) is 8.27. The van der Waals surface area contributed by atoms with E-state index in [0.29, 0.717) is 36.3 Å². The first kappa shape index (κ1) is 35.6. The van der Waals surface area contributed by atoms with Crippen molar-refractivity contribution in [2.75, 3.05) is 43.9 Å². The molecule has 2 aromatic heterocycles. The molecule has 10 nitrogen and oxygen atoms in total. The zero-order valence-corrected chi connectivity index (χ0v) is 30.8. The second kappa shape index (κ2) is 13.9. The summed E-state index contributed by atoms with van der Waals surface area (Å²) in [5.41, 5.74) is 5.44. The summed E-state index contributed by atoms with van der Waals surface area (Å²) in [6.45, 7) is 22.4. The zero-order chi connectivity index (χ0) is 34.0. The number of nitrogens with one attached hydrogen (secondary N) is 1. The highest BCUT2D eigenvalue weighted by atomic mass is 28.4. The fraction of sp³-hybridized carbons (Fsp3) is 0.588. The average molecular weight is 645 g/mol. The summed E-state index contributed by atoms with van der Waals surface area (Å²) in [4.78, 5) is 13.5. The first-order valence-corrected chi connectivity index (χ1v) is 19.3. The molecule has 2 N–H and O–H groups in total. The third kappa shape index (κ3) is 7.82. The smallest absolute Gasteiger partial charge is 0.409 e. The van der Waals surface area contributed by atoms with Crippen LogP contribution in [0.25, 0.3) is 11.3 Å². The second-order valence-corrected chi connectivity index (χ2v) is 20.1. The van der Waals surface area contributed by atoms with Crippen molar-refractivity contribution in [1.82, 2.24) is 24.6 Å². The summed E-state index contributed by atoms with van der Waals surface area (Å²) in [5, 5.41) is 29.3. The number of rotatable bonds is 13. The lowest BCUT2D eigenvalue weighted by Gasteiger charge is -2.39. The van der Waals surface area contributed by atoms with Crippen LogP contribution in [0.4, 0.5) is 17.3 Å². The lowest BCUT2D eigenvalue weighted by Crippen LogP contribution is -2.47. The molecule has 248 valence electrons. The summed E-state index contributed by atoms with van der Waals surface area (Å²) < 4.78 is 8.83. The van der Waals surface area contributed by atoms with E-state index >= 15 is 0 Å². The Balaban J connectivity index is 1.71. The van der Waals surface area contributed by atoms with Crippen LogP contribution in [0.5, 0.6) is 0 Å². The van der Waals surface area contributed by atoms with E-state index in [1.165, 1.54) is 0 Å². The lowest BCUT2D eigenvalue weighted by molar-refractivity contribution is 0.218. The molecular formula is C34H53BN8O2Si. The molecule has 0 amide bonds. The predicted molar refractivity (Wildman–Crippen MR) is 191 cm³/mol. The Morgan fingerprint density at radius 3 is 2.59 bits per heavy atom. The number of anilines is 3. The predicted octanol–water partition coefficient (Wildman–Crippen LogP) is 6.32. The van der Waals surface area contributed by atoms with Crippen molar-refractivity contribution in [2.45, 2.75) is 91.3 Å². The van der Waals surface area contributed by atoms with Crippen molar-refractivity contribution in [3.05, 3.63) is 47.4 Å². The molecule has 0 fully saturated rings.